The van der Waals surface area contributed by atoms with Gasteiger partial charge in [-0.15, -0.1) is 11.3 Å². The van der Waals surface area contributed by atoms with E-state index in [1.165, 1.54) is 23.5 Å². The number of aromatic nitrogens is 1. The van der Waals surface area contributed by atoms with Crippen LogP contribution in [0.4, 0.5) is 5.82 Å². The van der Waals surface area contributed by atoms with Crippen LogP contribution in [0.25, 0.3) is 0 Å². The molecule has 0 atom stereocenters. The van der Waals surface area contributed by atoms with Crippen molar-refractivity contribution in [2.24, 2.45) is 0 Å². The van der Waals surface area contributed by atoms with Crippen molar-refractivity contribution in [2.75, 3.05) is 17.0 Å². The lowest BCUT2D eigenvalue weighted by Crippen LogP contribution is -2.30. The molecule has 0 saturated carbocycles. The van der Waals surface area contributed by atoms with Crippen molar-refractivity contribution in [3.63, 3.8) is 0 Å². The fraction of sp³-hybridized carbons (Fsp3) is 0.417. The van der Waals surface area contributed by atoms with Crippen LogP contribution in [0.1, 0.15) is 17.6 Å². The highest BCUT2D eigenvalue weighted by molar-refractivity contribution is 7.93. The molecule has 23 heavy (non-hydrogen) atoms. The Bertz CT molecular complexity index is 867. The summed E-state index contributed by atoms with van der Waals surface area (Å²) in [5.41, 5.74) is 0. The summed E-state index contributed by atoms with van der Waals surface area (Å²) in [4.78, 5) is 0.945. The monoisotopic (exact) mass is 379 g/mol. The molecule has 2 rings (SSSR count). The Kier molecular flexibility index (Phi) is 5.45. The number of thiophene rings is 1. The van der Waals surface area contributed by atoms with E-state index in [4.69, 9.17) is 4.52 Å². The highest BCUT2D eigenvalue weighted by Gasteiger charge is 2.19. The quantitative estimate of drug-likeness (QED) is 0.714. The zero-order valence-corrected chi connectivity index (χ0v) is 15.0. The molecule has 2 aromatic heterocycles. The molecule has 0 amide bonds. The predicted molar refractivity (Wildman–Crippen MR) is 87.5 cm³/mol. The molecule has 11 heteroatoms. The highest BCUT2D eigenvalue weighted by atomic mass is 32.2. The smallest absolute Gasteiger partial charge is 0.250 e. The SMILES string of the molecule is CCc1ccc(S(=O)(=O)NCCS(=O)(=O)Nc2cc(C)on2)s1. The van der Waals surface area contributed by atoms with E-state index < -0.39 is 25.8 Å². The number of hydrogen-bond donors (Lipinski definition) is 2. The number of sulfonamides is 2. The van der Waals surface area contributed by atoms with Crippen molar-refractivity contribution in [2.45, 2.75) is 24.5 Å². The molecule has 0 aromatic carbocycles. The number of nitrogens with zero attached hydrogens (tertiary/aromatic N) is 1. The third-order valence-electron chi connectivity index (χ3n) is 2.80. The summed E-state index contributed by atoms with van der Waals surface area (Å²) in [6.07, 6.45) is 0.746. The average Bonchev–Trinajstić information content (AvgIpc) is 3.07. The fourth-order valence-corrected chi connectivity index (χ4v) is 5.09. The first kappa shape index (κ1) is 17.9. The zero-order valence-electron chi connectivity index (χ0n) is 12.6. The number of hydrogen-bond acceptors (Lipinski definition) is 7. The van der Waals surface area contributed by atoms with Gasteiger partial charge in [0, 0.05) is 17.5 Å². The van der Waals surface area contributed by atoms with Crippen LogP contribution in [0.5, 0.6) is 0 Å². The summed E-state index contributed by atoms with van der Waals surface area (Å²) in [7, 11) is -7.42. The molecular formula is C12H17N3O5S3. The average molecular weight is 379 g/mol. The molecule has 128 valence electrons. The summed E-state index contributed by atoms with van der Waals surface area (Å²) in [5, 5.41) is 3.52. The second kappa shape index (κ2) is 6.99. The van der Waals surface area contributed by atoms with Crippen molar-refractivity contribution < 1.29 is 21.4 Å². The van der Waals surface area contributed by atoms with Crippen LogP contribution >= 0.6 is 11.3 Å². The zero-order chi connectivity index (χ0) is 17.1. The standard InChI is InChI=1S/C12H17N3O5S3/c1-3-10-4-5-12(21-10)23(18,19)13-6-7-22(16,17)15-11-8-9(2)20-14-11/h4-5,8,13H,3,6-7H2,1-2H3,(H,14,15). The molecule has 8 nitrogen and oxygen atoms in total. The Morgan fingerprint density at radius 1 is 1.26 bits per heavy atom. The first-order valence-electron chi connectivity index (χ1n) is 6.74. The number of nitrogens with one attached hydrogen (secondary N) is 2. The Balaban J connectivity index is 1.92. The topological polar surface area (TPSA) is 118 Å². The molecular weight excluding hydrogens is 362 g/mol. The Morgan fingerprint density at radius 2 is 2.00 bits per heavy atom. The molecule has 0 aliphatic carbocycles. The van der Waals surface area contributed by atoms with E-state index in [9.17, 15) is 16.8 Å². The van der Waals surface area contributed by atoms with Gasteiger partial charge in [-0.05, 0) is 25.5 Å². The van der Waals surface area contributed by atoms with Crippen LogP contribution in [-0.2, 0) is 26.5 Å². The molecule has 0 spiro atoms. The van der Waals surface area contributed by atoms with Gasteiger partial charge in [0.25, 0.3) is 0 Å². The minimum Gasteiger partial charge on any atom is -0.360 e. The van der Waals surface area contributed by atoms with Crippen molar-refractivity contribution in [1.82, 2.24) is 9.88 Å². The van der Waals surface area contributed by atoms with Crippen LogP contribution < -0.4 is 9.44 Å². The van der Waals surface area contributed by atoms with Gasteiger partial charge < -0.3 is 4.52 Å². The normalized spacial score (nSPS) is 12.4. The molecule has 0 saturated heterocycles. The molecule has 2 aromatic rings. The maximum Gasteiger partial charge on any atom is 0.250 e. The molecule has 0 aliphatic heterocycles. The van der Waals surface area contributed by atoms with Crippen LogP contribution in [0, 0.1) is 6.92 Å². The maximum absolute atomic E-state index is 12.1. The Labute approximate surface area is 139 Å². The first-order valence-corrected chi connectivity index (χ1v) is 10.7. The minimum absolute atomic E-state index is 0.0659. The molecule has 0 unspecified atom stereocenters. The first-order chi connectivity index (χ1) is 10.7. The fourth-order valence-electron chi connectivity index (χ4n) is 1.70. The third-order valence-corrected chi connectivity index (χ3v) is 7.25. The van der Waals surface area contributed by atoms with Gasteiger partial charge in [0.05, 0.1) is 5.75 Å². The third kappa shape index (κ3) is 5.03. The van der Waals surface area contributed by atoms with Crippen LogP contribution in [-0.4, -0.2) is 34.3 Å². The Morgan fingerprint density at radius 3 is 2.57 bits per heavy atom. The van der Waals surface area contributed by atoms with Gasteiger partial charge in [0.15, 0.2) is 5.82 Å². The lowest BCUT2D eigenvalue weighted by molar-refractivity contribution is 0.400. The number of aryl methyl sites for hydroxylation is 2. The molecule has 0 fully saturated rings. The lowest BCUT2D eigenvalue weighted by Gasteiger charge is -2.06. The van der Waals surface area contributed by atoms with Crippen LogP contribution in [0.3, 0.4) is 0 Å². The van der Waals surface area contributed by atoms with E-state index >= 15 is 0 Å². The number of rotatable bonds is 8. The summed E-state index contributed by atoms with van der Waals surface area (Å²) in [6, 6.07) is 4.68. The molecule has 0 aliphatic rings. The van der Waals surface area contributed by atoms with Crippen LogP contribution in [0.2, 0.25) is 0 Å². The van der Waals surface area contributed by atoms with Gasteiger partial charge in [-0.25, -0.2) is 21.6 Å². The summed E-state index contributed by atoms with van der Waals surface area (Å²) in [6.45, 7) is 3.32. The molecule has 0 radical (unpaired) electrons. The largest absolute Gasteiger partial charge is 0.360 e. The minimum atomic E-state index is -3.72. The predicted octanol–water partition coefficient (Wildman–Crippen LogP) is 1.33. The van der Waals surface area contributed by atoms with Gasteiger partial charge >= 0.3 is 0 Å². The van der Waals surface area contributed by atoms with Gasteiger partial charge in [0.1, 0.15) is 9.97 Å². The van der Waals surface area contributed by atoms with Crippen molar-refractivity contribution in [3.05, 3.63) is 28.8 Å². The maximum atomic E-state index is 12.1. The van der Waals surface area contributed by atoms with E-state index in [1.807, 2.05) is 6.92 Å². The summed E-state index contributed by atoms with van der Waals surface area (Å²) >= 11 is 1.17. The second-order valence-corrected chi connectivity index (χ2v) is 9.72. The summed E-state index contributed by atoms with van der Waals surface area (Å²) < 4.78 is 57.3. The van der Waals surface area contributed by atoms with E-state index in [1.54, 1.807) is 13.0 Å². The highest BCUT2D eigenvalue weighted by Crippen LogP contribution is 2.21. The van der Waals surface area contributed by atoms with Gasteiger partial charge in [0.2, 0.25) is 20.0 Å². The second-order valence-electron chi connectivity index (χ2n) is 4.72. The number of anilines is 1. The van der Waals surface area contributed by atoms with Gasteiger partial charge in [-0.1, -0.05) is 12.1 Å². The van der Waals surface area contributed by atoms with Crippen molar-refractivity contribution >= 4 is 37.2 Å². The molecule has 0 bridgehead atoms. The van der Waals surface area contributed by atoms with Crippen molar-refractivity contribution in [1.29, 1.82) is 0 Å². The van der Waals surface area contributed by atoms with Crippen molar-refractivity contribution in [3.8, 4) is 0 Å². The molecule has 2 N–H and O–H groups in total. The van der Waals surface area contributed by atoms with Gasteiger partial charge in [-0.2, -0.15) is 0 Å². The van der Waals surface area contributed by atoms with Gasteiger partial charge in [-0.3, -0.25) is 4.72 Å². The van der Waals surface area contributed by atoms with E-state index in [2.05, 4.69) is 14.6 Å². The lowest BCUT2D eigenvalue weighted by atomic mass is 10.4. The van der Waals surface area contributed by atoms with E-state index in [0.717, 1.165) is 11.3 Å². The van der Waals surface area contributed by atoms with E-state index in [0.29, 0.717) is 5.76 Å². The van der Waals surface area contributed by atoms with Crippen LogP contribution in [0.15, 0.2) is 26.9 Å². The summed E-state index contributed by atoms with van der Waals surface area (Å²) in [5.74, 6) is 0.119. The van der Waals surface area contributed by atoms with E-state index in [-0.39, 0.29) is 16.6 Å². The Hall–Kier alpha value is -1.43. The molecule has 2 heterocycles.